The highest BCUT2D eigenvalue weighted by Crippen LogP contribution is 2.03. The maximum absolute atomic E-state index is 11.5. The zero-order chi connectivity index (χ0) is 12.0. The predicted octanol–water partition coefficient (Wildman–Crippen LogP) is 0.474. The third-order valence-corrected chi connectivity index (χ3v) is 2.93. The Balaban J connectivity index is 2.54. The fraction of sp³-hybridized carbons (Fsp3) is 0.500. The number of thioether (sulfide) groups is 1. The Bertz CT molecular complexity index is 355. The first kappa shape index (κ1) is 12.9. The Labute approximate surface area is 101 Å². The van der Waals surface area contributed by atoms with E-state index >= 15 is 0 Å². The summed E-state index contributed by atoms with van der Waals surface area (Å²) in [6.45, 7) is 0. The molecular formula is C8H11N3O3S2. The molecule has 0 aliphatic rings. The van der Waals surface area contributed by atoms with Crippen molar-refractivity contribution < 1.29 is 14.7 Å². The maximum Gasteiger partial charge on any atom is 0.326 e. The lowest BCUT2D eigenvalue weighted by atomic mass is 10.2. The van der Waals surface area contributed by atoms with Gasteiger partial charge in [0, 0.05) is 0 Å². The molecule has 0 saturated carbocycles. The average molecular weight is 261 g/mol. The largest absolute Gasteiger partial charge is 0.480 e. The second-order valence-corrected chi connectivity index (χ2v) is 4.48. The van der Waals surface area contributed by atoms with E-state index < -0.39 is 17.9 Å². The molecule has 2 N–H and O–H groups in total. The van der Waals surface area contributed by atoms with Crippen LogP contribution in [-0.4, -0.2) is 43.8 Å². The Kier molecular flexibility index (Phi) is 5.20. The highest BCUT2D eigenvalue weighted by Gasteiger charge is 2.21. The normalized spacial score (nSPS) is 12.1. The van der Waals surface area contributed by atoms with Crippen LogP contribution in [0, 0.1) is 0 Å². The second kappa shape index (κ2) is 6.44. The number of nitrogens with zero attached hydrogens (tertiary/aromatic N) is 2. The van der Waals surface area contributed by atoms with Gasteiger partial charge in [0.05, 0.1) is 17.9 Å². The number of hydrogen-bond donors (Lipinski definition) is 2. The van der Waals surface area contributed by atoms with Crippen molar-refractivity contribution in [1.82, 2.24) is 14.1 Å². The minimum absolute atomic E-state index is 0.153. The number of carbonyl (C=O) groups is 2. The van der Waals surface area contributed by atoms with E-state index in [0.29, 0.717) is 12.2 Å². The van der Waals surface area contributed by atoms with Crippen molar-refractivity contribution in [2.24, 2.45) is 0 Å². The molecule has 0 radical (unpaired) electrons. The minimum atomic E-state index is -1.04. The number of amides is 1. The van der Waals surface area contributed by atoms with Crippen LogP contribution in [0.2, 0.25) is 0 Å². The van der Waals surface area contributed by atoms with Gasteiger partial charge in [-0.2, -0.15) is 20.5 Å². The van der Waals surface area contributed by atoms with Crippen LogP contribution in [0.4, 0.5) is 0 Å². The molecule has 0 fully saturated rings. The molecule has 0 aromatic carbocycles. The van der Waals surface area contributed by atoms with Gasteiger partial charge in [-0.15, -0.1) is 0 Å². The van der Waals surface area contributed by atoms with Gasteiger partial charge in [0.2, 0.25) is 0 Å². The van der Waals surface area contributed by atoms with Gasteiger partial charge in [-0.1, -0.05) is 0 Å². The molecule has 0 saturated heterocycles. The molecule has 0 aliphatic heterocycles. The maximum atomic E-state index is 11.5. The Morgan fingerprint density at radius 3 is 2.94 bits per heavy atom. The van der Waals surface area contributed by atoms with Gasteiger partial charge in [0.25, 0.3) is 5.91 Å². The monoisotopic (exact) mass is 261 g/mol. The Morgan fingerprint density at radius 2 is 2.44 bits per heavy atom. The zero-order valence-corrected chi connectivity index (χ0v) is 10.2. The van der Waals surface area contributed by atoms with Crippen LogP contribution in [0.25, 0.3) is 0 Å². The molecule has 1 aromatic rings. The first-order chi connectivity index (χ1) is 7.65. The number of hydrogen-bond acceptors (Lipinski definition) is 6. The third-order valence-electron chi connectivity index (χ3n) is 1.81. The fourth-order valence-electron chi connectivity index (χ4n) is 0.990. The highest BCUT2D eigenvalue weighted by atomic mass is 32.2. The number of carboxylic acid groups (broad SMARTS) is 1. The molecule has 0 aliphatic carbocycles. The average Bonchev–Trinajstić information content (AvgIpc) is 2.76. The van der Waals surface area contributed by atoms with Gasteiger partial charge in [-0.05, 0) is 18.4 Å². The van der Waals surface area contributed by atoms with E-state index in [4.69, 9.17) is 5.11 Å². The topological polar surface area (TPSA) is 92.2 Å². The highest BCUT2D eigenvalue weighted by molar-refractivity contribution is 7.98. The fourth-order valence-corrected chi connectivity index (χ4v) is 1.87. The third kappa shape index (κ3) is 3.78. The van der Waals surface area contributed by atoms with Crippen LogP contribution in [0.15, 0.2) is 6.20 Å². The van der Waals surface area contributed by atoms with E-state index in [1.807, 2.05) is 6.26 Å². The van der Waals surface area contributed by atoms with Crippen LogP contribution >= 0.6 is 23.5 Å². The summed E-state index contributed by atoms with van der Waals surface area (Å²) in [6, 6.07) is -0.873. The molecule has 1 rings (SSSR count). The van der Waals surface area contributed by atoms with E-state index in [1.54, 1.807) is 0 Å². The molecule has 16 heavy (non-hydrogen) atoms. The van der Waals surface area contributed by atoms with E-state index in [2.05, 4.69) is 14.1 Å². The predicted molar refractivity (Wildman–Crippen MR) is 61.8 cm³/mol. The Hall–Kier alpha value is -1.15. The lowest BCUT2D eigenvalue weighted by molar-refractivity contribution is -0.139. The van der Waals surface area contributed by atoms with E-state index in [1.165, 1.54) is 18.0 Å². The van der Waals surface area contributed by atoms with Crippen molar-refractivity contribution in [2.45, 2.75) is 12.5 Å². The summed E-state index contributed by atoms with van der Waals surface area (Å²) in [5.74, 6) is -0.861. The van der Waals surface area contributed by atoms with Crippen molar-refractivity contribution in [3.8, 4) is 0 Å². The van der Waals surface area contributed by atoms with Crippen molar-refractivity contribution in [2.75, 3.05) is 12.0 Å². The molecule has 1 heterocycles. The van der Waals surface area contributed by atoms with Gasteiger partial charge in [0.15, 0.2) is 5.69 Å². The zero-order valence-electron chi connectivity index (χ0n) is 8.54. The molecule has 1 amide bonds. The summed E-state index contributed by atoms with van der Waals surface area (Å²) in [5.41, 5.74) is 0.153. The molecule has 1 atom stereocenters. The second-order valence-electron chi connectivity index (χ2n) is 2.94. The van der Waals surface area contributed by atoms with Crippen LogP contribution in [0.3, 0.4) is 0 Å². The molecule has 1 aromatic heterocycles. The first-order valence-electron chi connectivity index (χ1n) is 4.45. The number of nitrogens with one attached hydrogen (secondary N) is 1. The summed E-state index contributed by atoms with van der Waals surface area (Å²) in [5, 5.41) is 11.3. The molecular weight excluding hydrogens is 250 g/mol. The van der Waals surface area contributed by atoms with E-state index in [9.17, 15) is 9.59 Å². The van der Waals surface area contributed by atoms with Crippen LogP contribution < -0.4 is 5.32 Å². The van der Waals surface area contributed by atoms with Gasteiger partial charge in [-0.25, -0.2) is 4.79 Å². The summed E-state index contributed by atoms with van der Waals surface area (Å²) in [6.07, 6.45) is 3.58. The summed E-state index contributed by atoms with van der Waals surface area (Å²) in [7, 11) is 0. The van der Waals surface area contributed by atoms with Crippen LogP contribution in [0.1, 0.15) is 16.9 Å². The van der Waals surface area contributed by atoms with Gasteiger partial charge >= 0.3 is 5.97 Å². The summed E-state index contributed by atoms with van der Waals surface area (Å²) in [4.78, 5) is 22.4. The molecule has 6 nitrogen and oxygen atoms in total. The number of carboxylic acids is 1. The minimum Gasteiger partial charge on any atom is -0.480 e. The van der Waals surface area contributed by atoms with Crippen molar-refractivity contribution >= 4 is 35.4 Å². The number of aliphatic carboxylic acids is 1. The summed E-state index contributed by atoms with van der Waals surface area (Å²) >= 11 is 2.44. The molecule has 0 spiro atoms. The van der Waals surface area contributed by atoms with E-state index in [-0.39, 0.29) is 5.69 Å². The smallest absolute Gasteiger partial charge is 0.326 e. The number of rotatable bonds is 6. The number of carbonyl (C=O) groups excluding carboxylic acids is 1. The number of aromatic nitrogens is 2. The van der Waals surface area contributed by atoms with Crippen molar-refractivity contribution in [1.29, 1.82) is 0 Å². The van der Waals surface area contributed by atoms with E-state index in [0.717, 1.165) is 11.7 Å². The SMILES string of the molecule is CSCCC(NC(=O)c1cnsn1)C(=O)O. The molecule has 88 valence electrons. The van der Waals surface area contributed by atoms with Gasteiger partial charge in [0.1, 0.15) is 6.04 Å². The molecule has 8 heteroatoms. The van der Waals surface area contributed by atoms with Crippen molar-refractivity contribution in [3.05, 3.63) is 11.9 Å². The first-order valence-corrected chi connectivity index (χ1v) is 6.57. The van der Waals surface area contributed by atoms with Crippen LogP contribution in [-0.2, 0) is 4.79 Å². The van der Waals surface area contributed by atoms with Gasteiger partial charge < -0.3 is 10.4 Å². The van der Waals surface area contributed by atoms with Crippen LogP contribution in [0.5, 0.6) is 0 Å². The van der Waals surface area contributed by atoms with Crippen molar-refractivity contribution in [3.63, 3.8) is 0 Å². The quantitative estimate of drug-likeness (QED) is 0.773. The lowest BCUT2D eigenvalue weighted by Crippen LogP contribution is -2.41. The lowest BCUT2D eigenvalue weighted by Gasteiger charge is -2.12. The summed E-state index contributed by atoms with van der Waals surface area (Å²) < 4.78 is 7.40. The Morgan fingerprint density at radius 1 is 1.69 bits per heavy atom. The standard InChI is InChI=1S/C8H11N3O3S2/c1-15-3-2-5(8(13)14)10-7(12)6-4-9-16-11-6/h4-5H,2-3H2,1H3,(H,10,12)(H,13,14). The molecule has 0 bridgehead atoms. The molecule has 1 unspecified atom stereocenters. The van der Waals surface area contributed by atoms with Gasteiger partial charge in [-0.3, -0.25) is 4.79 Å².